The smallest absolute Gasteiger partial charge is 0.105 e. The van der Waals surface area contributed by atoms with Crippen molar-refractivity contribution in [1.29, 1.82) is 0 Å². The number of aryl methyl sites for hydroxylation is 2. The maximum Gasteiger partial charge on any atom is 0.105 e. The Morgan fingerprint density at radius 1 is 1.33 bits per heavy atom. The van der Waals surface area contributed by atoms with E-state index in [4.69, 9.17) is 0 Å². The number of nitrogens with zero attached hydrogens (tertiary/aromatic N) is 2. The fourth-order valence-electron chi connectivity index (χ4n) is 2.10. The van der Waals surface area contributed by atoms with Gasteiger partial charge in [-0.15, -0.1) is 0 Å². The van der Waals surface area contributed by atoms with Gasteiger partial charge in [0.25, 0.3) is 0 Å². The zero-order valence-corrected chi connectivity index (χ0v) is 11.4. The van der Waals surface area contributed by atoms with Crippen molar-refractivity contribution >= 4 is 0 Å². The van der Waals surface area contributed by atoms with Crippen molar-refractivity contribution in [3.05, 3.63) is 53.6 Å². The maximum atomic E-state index is 4.22. The molecule has 1 aromatic heterocycles. The summed E-state index contributed by atoms with van der Waals surface area (Å²) in [6.07, 6.45) is 3.87. The van der Waals surface area contributed by atoms with Crippen LogP contribution in [-0.2, 0) is 6.54 Å². The Hall–Kier alpha value is -1.61. The van der Waals surface area contributed by atoms with Gasteiger partial charge in [-0.3, -0.25) is 0 Å². The Balaban J connectivity index is 1.85. The van der Waals surface area contributed by atoms with Gasteiger partial charge in [-0.1, -0.05) is 29.8 Å². The molecule has 0 saturated heterocycles. The van der Waals surface area contributed by atoms with Gasteiger partial charge in [0, 0.05) is 31.5 Å². The molecule has 0 unspecified atom stereocenters. The van der Waals surface area contributed by atoms with Gasteiger partial charge in [0.15, 0.2) is 0 Å². The molecule has 1 atom stereocenters. The third-order valence-electron chi connectivity index (χ3n) is 3.27. The van der Waals surface area contributed by atoms with Crippen LogP contribution in [-0.4, -0.2) is 16.1 Å². The highest BCUT2D eigenvalue weighted by Crippen LogP contribution is 2.13. The highest BCUT2D eigenvalue weighted by atomic mass is 15.1. The predicted molar refractivity (Wildman–Crippen MR) is 74.6 cm³/mol. The Labute approximate surface area is 109 Å². The molecule has 96 valence electrons. The molecular weight excluding hydrogens is 222 g/mol. The van der Waals surface area contributed by atoms with E-state index in [0.29, 0.717) is 6.04 Å². The molecule has 18 heavy (non-hydrogen) atoms. The fourth-order valence-corrected chi connectivity index (χ4v) is 2.10. The van der Waals surface area contributed by atoms with Crippen molar-refractivity contribution in [2.75, 3.05) is 6.54 Å². The van der Waals surface area contributed by atoms with E-state index in [9.17, 15) is 0 Å². The SMILES string of the molecule is Cc1cccc([C@H](C)NCCn2ccnc2C)c1. The first-order chi connectivity index (χ1) is 8.66. The first-order valence-corrected chi connectivity index (χ1v) is 6.44. The number of nitrogens with one attached hydrogen (secondary N) is 1. The van der Waals surface area contributed by atoms with E-state index in [1.165, 1.54) is 11.1 Å². The van der Waals surface area contributed by atoms with Crippen molar-refractivity contribution in [2.24, 2.45) is 0 Å². The highest BCUT2D eigenvalue weighted by Gasteiger charge is 2.04. The van der Waals surface area contributed by atoms with E-state index in [-0.39, 0.29) is 0 Å². The Morgan fingerprint density at radius 3 is 2.83 bits per heavy atom. The van der Waals surface area contributed by atoms with E-state index in [0.717, 1.165) is 18.9 Å². The highest BCUT2D eigenvalue weighted by molar-refractivity contribution is 5.24. The Bertz CT molecular complexity index is 502. The molecule has 0 saturated carbocycles. The molecule has 0 fully saturated rings. The van der Waals surface area contributed by atoms with E-state index in [1.807, 2.05) is 19.3 Å². The number of imidazole rings is 1. The molecule has 3 nitrogen and oxygen atoms in total. The van der Waals surface area contributed by atoms with Crippen LogP contribution in [0.15, 0.2) is 36.7 Å². The van der Waals surface area contributed by atoms with Gasteiger partial charge >= 0.3 is 0 Å². The number of benzene rings is 1. The van der Waals surface area contributed by atoms with Crippen molar-refractivity contribution < 1.29 is 0 Å². The molecule has 1 aromatic carbocycles. The van der Waals surface area contributed by atoms with Gasteiger partial charge in [0.05, 0.1) is 0 Å². The molecule has 0 aliphatic heterocycles. The molecule has 1 heterocycles. The largest absolute Gasteiger partial charge is 0.334 e. The van der Waals surface area contributed by atoms with Crippen LogP contribution >= 0.6 is 0 Å². The van der Waals surface area contributed by atoms with Gasteiger partial charge in [-0.25, -0.2) is 4.98 Å². The maximum absolute atomic E-state index is 4.22. The molecule has 0 aliphatic rings. The van der Waals surface area contributed by atoms with Crippen molar-refractivity contribution in [2.45, 2.75) is 33.4 Å². The standard InChI is InChI=1S/C15H21N3/c1-12-5-4-6-15(11-12)13(2)16-7-9-18-10-8-17-14(18)3/h4-6,8,10-11,13,16H,7,9H2,1-3H3/t13-/m0/s1. The molecular formula is C15H21N3. The summed E-state index contributed by atoms with van der Waals surface area (Å²) in [4.78, 5) is 4.22. The van der Waals surface area contributed by atoms with E-state index < -0.39 is 0 Å². The van der Waals surface area contributed by atoms with Crippen LogP contribution in [0.25, 0.3) is 0 Å². The summed E-state index contributed by atoms with van der Waals surface area (Å²) >= 11 is 0. The van der Waals surface area contributed by atoms with Crippen LogP contribution in [0, 0.1) is 13.8 Å². The number of aromatic nitrogens is 2. The topological polar surface area (TPSA) is 29.9 Å². The van der Waals surface area contributed by atoms with Gasteiger partial charge in [0.1, 0.15) is 5.82 Å². The molecule has 0 bridgehead atoms. The summed E-state index contributed by atoms with van der Waals surface area (Å²) in [6, 6.07) is 9.04. The molecule has 2 aromatic rings. The zero-order valence-electron chi connectivity index (χ0n) is 11.4. The minimum atomic E-state index is 0.383. The van der Waals surface area contributed by atoms with Gasteiger partial charge in [0.2, 0.25) is 0 Å². The summed E-state index contributed by atoms with van der Waals surface area (Å²) in [6.45, 7) is 8.28. The number of hydrogen-bond acceptors (Lipinski definition) is 2. The van der Waals surface area contributed by atoms with Gasteiger partial charge in [-0.2, -0.15) is 0 Å². The third-order valence-corrected chi connectivity index (χ3v) is 3.27. The first-order valence-electron chi connectivity index (χ1n) is 6.44. The first kappa shape index (κ1) is 12.8. The van der Waals surface area contributed by atoms with Crippen LogP contribution in [0.1, 0.15) is 29.9 Å². The third kappa shape index (κ3) is 3.20. The second kappa shape index (κ2) is 5.83. The van der Waals surface area contributed by atoms with E-state index in [2.05, 4.69) is 53.0 Å². The quantitative estimate of drug-likeness (QED) is 0.875. The predicted octanol–water partition coefficient (Wildman–Crippen LogP) is 2.85. The lowest BCUT2D eigenvalue weighted by molar-refractivity contribution is 0.526. The van der Waals surface area contributed by atoms with E-state index in [1.54, 1.807) is 0 Å². The lowest BCUT2D eigenvalue weighted by Crippen LogP contribution is -2.23. The lowest BCUT2D eigenvalue weighted by Gasteiger charge is -2.15. The minimum absolute atomic E-state index is 0.383. The molecule has 3 heteroatoms. The van der Waals surface area contributed by atoms with Crippen molar-refractivity contribution in [1.82, 2.24) is 14.9 Å². The molecule has 0 spiro atoms. The van der Waals surface area contributed by atoms with Crippen LogP contribution in [0.3, 0.4) is 0 Å². The van der Waals surface area contributed by atoms with Gasteiger partial charge in [-0.05, 0) is 26.3 Å². The second-order valence-electron chi connectivity index (χ2n) is 4.76. The van der Waals surface area contributed by atoms with Crippen LogP contribution in [0.4, 0.5) is 0 Å². The summed E-state index contributed by atoms with van der Waals surface area (Å²) in [5.74, 6) is 1.07. The summed E-state index contributed by atoms with van der Waals surface area (Å²) in [5.41, 5.74) is 2.66. The van der Waals surface area contributed by atoms with Crippen LogP contribution in [0.2, 0.25) is 0 Å². The molecule has 0 aliphatic carbocycles. The summed E-state index contributed by atoms with van der Waals surface area (Å²) in [5, 5.41) is 3.54. The molecule has 2 rings (SSSR count). The Morgan fingerprint density at radius 2 is 2.17 bits per heavy atom. The van der Waals surface area contributed by atoms with Crippen LogP contribution < -0.4 is 5.32 Å². The molecule has 0 radical (unpaired) electrons. The van der Waals surface area contributed by atoms with Crippen molar-refractivity contribution in [3.63, 3.8) is 0 Å². The zero-order chi connectivity index (χ0) is 13.0. The minimum Gasteiger partial charge on any atom is -0.334 e. The summed E-state index contributed by atoms with van der Waals surface area (Å²) < 4.78 is 2.16. The molecule has 1 N–H and O–H groups in total. The second-order valence-corrected chi connectivity index (χ2v) is 4.76. The normalized spacial score (nSPS) is 12.6. The average Bonchev–Trinajstić information content (AvgIpc) is 2.75. The monoisotopic (exact) mass is 243 g/mol. The average molecular weight is 243 g/mol. The van der Waals surface area contributed by atoms with E-state index >= 15 is 0 Å². The fraction of sp³-hybridized carbons (Fsp3) is 0.400. The number of rotatable bonds is 5. The summed E-state index contributed by atoms with van der Waals surface area (Å²) in [7, 11) is 0. The van der Waals surface area contributed by atoms with Crippen LogP contribution in [0.5, 0.6) is 0 Å². The van der Waals surface area contributed by atoms with Gasteiger partial charge < -0.3 is 9.88 Å². The Kier molecular flexibility index (Phi) is 4.15. The molecule has 0 amide bonds. The number of hydrogen-bond donors (Lipinski definition) is 1. The lowest BCUT2D eigenvalue weighted by atomic mass is 10.1. The van der Waals surface area contributed by atoms with Crippen molar-refractivity contribution in [3.8, 4) is 0 Å².